The van der Waals surface area contributed by atoms with Crippen molar-refractivity contribution >= 4 is 5.78 Å². The van der Waals surface area contributed by atoms with Gasteiger partial charge in [-0.05, 0) is 23.6 Å². The smallest absolute Gasteiger partial charge is 0.167 e. The zero-order valence-electron chi connectivity index (χ0n) is 13.6. The monoisotopic (exact) mass is 308 g/mol. The van der Waals surface area contributed by atoms with Crippen LogP contribution in [0.5, 0.6) is 0 Å². The van der Waals surface area contributed by atoms with Crippen LogP contribution in [-0.4, -0.2) is 17.0 Å². The van der Waals surface area contributed by atoms with E-state index in [2.05, 4.69) is 6.92 Å². The van der Waals surface area contributed by atoms with Crippen LogP contribution in [0.3, 0.4) is 0 Å². The minimum atomic E-state index is -0.550. The summed E-state index contributed by atoms with van der Waals surface area (Å²) in [6, 6.07) is 19.5. The lowest BCUT2D eigenvalue weighted by molar-refractivity contribution is -0.115. The van der Waals surface area contributed by atoms with Crippen LogP contribution in [-0.2, 0) is 4.79 Å². The highest BCUT2D eigenvalue weighted by Crippen LogP contribution is 2.26. The lowest BCUT2D eigenvalue weighted by Crippen LogP contribution is -2.13. The number of aliphatic hydroxyl groups is 1. The molecule has 0 unspecified atom stereocenters. The van der Waals surface area contributed by atoms with Gasteiger partial charge in [-0.25, -0.2) is 0 Å². The van der Waals surface area contributed by atoms with E-state index in [1.807, 2.05) is 60.7 Å². The quantitative estimate of drug-likeness (QED) is 0.729. The van der Waals surface area contributed by atoms with Crippen LogP contribution in [0.15, 0.2) is 72.8 Å². The largest absolute Gasteiger partial charge is 0.389 e. The Balaban J connectivity index is 2.21. The van der Waals surface area contributed by atoms with Gasteiger partial charge in [0.05, 0.1) is 12.0 Å². The van der Waals surface area contributed by atoms with E-state index >= 15 is 0 Å². The highest BCUT2D eigenvalue weighted by Gasteiger charge is 2.20. The summed E-state index contributed by atoms with van der Waals surface area (Å²) >= 11 is 0. The summed E-state index contributed by atoms with van der Waals surface area (Å²) in [6.45, 7) is 2.09. The van der Waals surface area contributed by atoms with Gasteiger partial charge in [-0.3, -0.25) is 4.79 Å². The van der Waals surface area contributed by atoms with Crippen molar-refractivity contribution in [1.29, 1.82) is 0 Å². The van der Waals surface area contributed by atoms with E-state index in [-0.39, 0.29) is 11.7 Å². The fraction of sp³-hybridized carbons (Fsp3) is 0.286. The van der Waals surface area contributed by atoms with Crippen molar-refractivity contribution in [3.05, 3.63) is 83.9 Å². The van der Waals surface area contributed by atoms with Gasteiger partial charge < -0.3 is 5.11 Å². The molecule has 2 nitrogen and oxygen atoms in total. The summed E-state index contributed by atoms with van der Waals surface area (Å²) in [5.74, 6) is -0.329. The molecule has 0 aliphatic heterocycles. The average molecular weight is 308 g/mol. The molecule has 0 amide bonds. The highest BCUT2D eigenvalue weighted by atomic mass is 16.3. The Hall–Kier alpha value is -2.19. The lowest BCUT2D eigenvalue weighted by Gasteiger charge is -2.15. The molecule has 0 fully saturated rings. The van der Waals surface area contributed by atoms with E-state index < -0.39 is 6.10 Å². The summed E-state index contributed by atoms with van der Waals surface area (Å²) in [7, 11) is 0. The Labute approximate surface area is 138 Å². The van der Waals surface area contributed by atoms with E-state index in [0.717, 1.165) is 24.0 Å². The molecular formula is C21H24O2. The molecule has 1 N–H and O–H groups in total. The molecule has 0 heterocycles. The van der Waals surface area contributed by atoms with Crippen LogP contribution in [0.1, 0.15) is 43.2 Å². The zero-order valence-corrected chi connectivity index (χ0v) is 13.6. The van der Waals surface area contributed by atoms with Crippen LogP contribution in [0.2, 0.25) is 0 Å². The standard InChI is InChI=1S/C21H24O2/c1-2-3-14-19(22)15-16-20(23)21(17-10-6-4-7-11-17)18-12-8-5-9-13-18/h4-13,15-16,19,21-22H,2-3,14H2,1H3/b16-15+/t19-/m1/s1. The molecule has 2 aromatic carbocycles. The van der Waals surface area contributed by atoms with Gasteiger partial charge in [-0.2, -0.15) is 0 Å². The fourth-order valence-electron chi connectivity index (χ4n) is 2.62. The number of unbranched alkanes of at least 4 members (excludes halogenated alkanes) is 1. The maximum Gasteiger partial charge on any atom is 0.167 e. The van der Waals surface area contributed by atoms with Crippen molar-refractivity contribution in [1.82, 2.24) is 0 Å². The number of aliphatic hydroxyl groups excluding tert-OH is 1. The SMILES string of the molecule is CCCC[C@@H](O)/C=C/C(=O)C(c1ccccc1)c1ccccc1. The minimum Gasteiger partial charge on any atom is -0.389 e. The third kappa shape index (κ3) is 5.19. The van der Waals surface area contributed by atoms with E-state index in [1.165, 1.54) is 6.08 Å². The first-order valence-corrected chi connectivity index (χ1v) is 8.22. The minimum absolute atomic E-state index is 0.00190. The molecule has 0 saturated carbocycles. The molecule has 1 atom stereocenters. The molecule has 0 radical (unpaired) electrons. The second-order valence-corrected chi connectivity index (χ2v) is 5.73. The normalized spacial score (nSPS) is 12.7. The summed E-state index contributed by atoms with van der Waals surface area (Å²) in [5.41, 5.74) is 1.94. The van der Waals surface area contributed by atoms with Crippen molar-refractivity contribution < 1.29 is 9.90 Å². The van der Waals surface area contributed by atoms with Gasteiger partial charge in [0.25, 0.3) is 0 Å². The highest BCUT2D eigenvalue weighted by molar-refractivity contribution is 5.97. The zero-order chi connectivity index (χ0) is 16.5. The van der Waals surface area contributed by atoms with Crippen molar-refractivity contribution in [3.63, 3.8) is 0 Å². The van der Waals surface area contributed by atoms with E-state index in [4.69, 9.17) is 0 Å². The average Bonchev–Trinajstić information content (AvgIpc) is 2.60. The third-order valence-corrected chi connectivity index (χ3v) is 3.89. The van der Waals surface area contributed by atoms with Gasteiger partial charge in [0, 0.05) is 0 Å². The Morgan fingerprint density at radius 3 is 2.00 bits per heavy atom. The molecule has 0 aliphatic rings. The van der Waals surface area contributed by atoms with Crippen LogP contribution >= 0.6 is 0 Å². The molecule has 120 valence electrons. The topological polar surface area (TPSA) is 37.3 Å². The van der Waals surface area contributed by atoms with Gasteiger partial charge in [0.1, 0.15) is 0 Å². The summed E-state index contributed by atoms with van der Waals surface area (Å²) < 4.78 is 0. The number of carbonyl (C=O) groups excluding carboxylic acids is 1. The fourth-order valence-corrected chi connectivity index (χ4v) is 2.62. The number of hydrogen-bond donors (Lipinski definition) is 1. The molecule has 0 bridgehead atoms. The van der Waals surface area contributed by atoms with Crippen molar-refractivity contribution in [2.24, 2.45) is 0 Å². The maximum absolute atomic E-state index is 12.7. The predicted molar refractivity (Wildman–Crippen MR) is 94.4 cm³/mol. The van der Waals surface area contributed by atoms with E-state index in [1.54, 1.807) is 6.08 Å². The van der Waals surface area contributed by atoms with Gasteiger partial charge in [-0.15, -0.1) is 0 Å². The van der Waals surface area contributed by atoms with Crippen molar-refractivity contribution in [2.75, 3.05) is 0 Å². The van der Waals surface area contributed by atoms with Gasteiger partial charge in [0.15, 0.2) is 5.78 Å². The van der Waals surface area contributed by atoms with E-state index in [9.17, 15) is 9.90 Å². The molecule has 0 saturated heterocycles. The molecule has 2 heteroatoms. The number of benzene rings is 2. The lowest BCUT2D eigenvalue weighted by atomic mass is 9.87. The molecule has 0 aromatic heterocycles. The molecule has 0 spiro atoms. The van der Waals surface area contributed by atoms with Crippen molar-refractivity contribution in [2.45, 2.75) is 38.2 Å². The maximum atomic E-state index is 12.7. The van der Waals surface area contributed by atoms with Gasteiger partial charge >= 0.3 is 0 Å². The van der Waals surface area contributed by atoms with Crippen LogP contribution in [0, 0.1) is 0 Å². The second-order valence-electron chi connectivity index (χ2n) is 5.73. The molecule has 2 rings (SSSR count). The van der Waals surface area contributed by atoms with Crippen LogP contribution < -0.4 is 0 Å². The third-order valence-electron chi connectivity index (χ3n) is 3.89. The molecule has 2 aromatic rings. The number of ketones is 1. The first kappa shape index (κ1) is 17.2. The summed E-state index contributed by atoms with van der Waals surface area (Å²) in [6.07, 6.45) is 5.30. The Morgan fingerprint density at radius 2 is 1.52 bits per heavy atom. The summed E-state index contributed by atoms with van der Waals surface area (Å²) in [4.78, 5) is 12.7. The molecule has 23 heavy (non-hydrogen) atoms. The van der Waals surface area contributed by atoms with Crippen LogP contribution in [0.25, 0.3) is 0 Å². The van der Waals surface area contributed by atoms with Gasteiger partial charge in [0.2, 0.25) is 0 Å². The Kier molecular flexibility index (Phi) is 6.76. The number of hydrogen-bond acceptors (Lipinski definition) is 2. The Morgan fingerprint density at radius 1 is 1.00 bits per heavy atom. The number of rotatable bonds is 8. The first-order valence-electron chi connectivity index (χ1n) is 8.22. The predicted octanol–water partition coefficient (Wildman–Crippen LogP) is 4.49. The summed E-state index contributed by atoms with van der Waals surface area (Å²) in [5, 5.41) is 9.91. The Bertz CT molecular complexity index is 577. The number of carbonyl (C=O) groups is 1. The van der Waals surface area contributed by atoms with Crippen molar-refractivity contribution in [3.8, 4) is 0 Å². The first-order chi connectivity index (χ1) is 11.2. The second kappa shape index (κ2) is 9.06. The van der Waals surface area contributed by atoms with Gasteiger partial charge in [-0.1, -0.05) is 86.5 Å². The molecular weight excluding hydrogens is 284 g/mol. The van der Waals surface area contributed by atoms with E-state index in [0.29, 0.717) is 6.42 Å². The molecule has 0 aliphatic carbocycles. The number of allylic oxidation sites excluding steroid dienone is 1. The van der Waals surface area contributed by atoms with Crippen LogP contribution in [0.4, 0.5) is 0 Å².